The largest absolute Gasteiger partial charge is 0.387 e. The van der Waals surface area contributed by atoms with Crippen molar-refractivity contribution < 1.29 is 9.90 Å². The molecule has 0 aromatic carbocycles. The summed E-state index contributed by atoms with van der Waals surface area (Å²) in [5.41, 5.74) is 0. The third kappa shape index (κ3) is 2.89. The van der Waals surface area contributed by atoms with E-state index in [1.54, 1.807) is 4.90 Å². The first-order chi connectivity index (χ1) is 5.00. The first-order valence-electron chi connectivity index (χ1n) is 3.92. The average Bonchev–Trinajstić information content (AvgIpc) is 1.85. The van der Waals surface area contributed by atoms with Gasteiger partial charge in [0.05, 0.1) is 0 Å². The van der Waals surface area contributed by atoms with Crippen LogP contribution >= 0.6 is 0 Å². The fraction of sp³-hybridized carbons (Fsp3) is 0.875. The number of carbonyl (C=O) groups is 1. The van der Waals surface area contributed by atoms with Gasteiger partial charge in [-0.2, -0.15) is 0 Å². The van der Waals surface area contributed by atoms with Crippen molar-refractivity contribution in [1.29, 1.82) is 0 Å². The molecular weight excluding hydrogens is 142 g/mol. The van der Waals surface area contributed by atoms with E-state index in [4.69, 9.17) is 5.11 Å². The molecule has 1 N–H and O–H groups in total. The molecule has 66 valence electrons. The number of rotatable bonds is 3. The molecule has 0 aromatic rings. The molecule has 1 amide bonds. The zero-order chi connectivity index (χ0) is 9.02. The fourth-order valence-corrected chi connectivity index (χ4v) is 1.25. The van der Waals surface area contributed by atoms with E-state index < -0.39 is 6.61 Å². The monoisotopic (exact) mass is 159 g/mol. The zero-order valence-electron chi connectivity index (χ0n) is 7.66. The summed E-state index contributed by atoms with van der Waals surface area (Å²) < 4.78 is 0. The lowest BCUT2D eigenvalue weighted by molar-refractivity contribution is -0.137. The molecule has 11 heavy (non-hydrogen) atoms. The molecule has 0 saturated heterocycles. The van der Waals surface area contributed by atoms with E-state index in [1.165, 1.54) is 0 Å². The third-order valence-corrected chi connectivity index (χ3v) is 1.54. The Morgan fingerprint density at radius 3 is 1.73 bits per heavy atom. The van der Waals surface area contributed by atoms with Crippen molar-refractivity contribution in [3.8, 4) is 0 Å². The smallest absolute Gasteiger partial charge is 0.248 e. The molecule has 0 spiro atoms. The minimum Gasteiger partial charge on any atom is -0.387 e. The Balaban J connectivity index is 4.22. The Morgan fingerprint density at radius 1 is 1.27 bits per heavy atom. The summed E-state index contributed by atoms with van der Waals surface area (Å²) in [6, 6.07) is 0.323. The molecule has 0 heterocycles. The van der Waals surface area contributed by atoms with Crippen LogP contribution in [0.4, 0.5) is 0 Å². The molecule has 0 atom stereocenters. The van der Waals surface area contributed by atoms with Crippen LogP contribution in [0.3, 0.4) is 0 Å². The number of hydrogen-bond donors (Lipinski definition) is 1. The van der Waals surface area contributed by atoms with Gasteiger partial charge in [-0.05, 0) is 27.7 Å². The molecule has 3 nitrogen and oxygen atoms in total. The lowest BCUT2D eigenvalue weighted by atomic mass is 10.2. The topological polar surface area (TPSA) is 40.5 Å². The van der Waals surface area contributed by atoms with E-state index in [1.807, 2.05) is 27.7 Å². The molecule has 0 aliphatic heterocycles. The van der Waals surface area contributed by atoms with Gasteiger partial charge in [-0.15, -0.1) is 0 Å². The van der Waals surface area contributed by atoms with Gasteiger partial charge in [0.15, 0.2) is 0 Å². The van der Waals surface area contributed by atoms with E-state index in [9.17, 15) is 4.79 Å². The van der Waals surface area contributed by atoms with E-state index in [2.05, 4.69) is 0 Å². The van der Waals surface area contributed by atoms with Gasteiger partial charge in [-0.3, -0.25) is 4.79 Å². The molecule has 0 radical (unpaired) electrons. The number of carbonyl (C=O) groups excluding carboxylic acids is 1. The second-order valence-corrected chi connectivity index (χ2v) is 3.15. The van der Waals surface area contributed by atoms with Crippen molar-refractivity contribution in [3.63, 3.8) is 0 Å². The van der Waals surface area contributed by atoms with Crippen LogP contribution in [0.25, 0.3) is 0 Å². The van der Waals surface area contributed by atoms with E-state index in [-0.39, 0.29) is 18.0 Å². The molecule has 0 fully saturated rings. The van der Waals surface area contributed by atoms with Gasteiger partial charge in [0.25, 0.3) is 0 Å². The molecule has 3 heteroatoms. The molecule has 0 aliphatic carbocycles. The Bertz CT molecular complexity index is 124. The lowest BCUT2D eigenvalue weighted by Crippen LogP contribution is -2.43. The highest BCUT2D eigenvalue weighted by atomic mass is 16.3. The normalized spacial score (nSPS) is 10.8. The molecule has 0 aliphatic rings. The minimum absolute atomic E-state index is 0.162. The molecule has 0 bridgehead atoms. The van der Waals surface area contributed by atoms with Crippen molar-refractivity contribution >= 4 is 5.91 Å². The first-order valence-corrected chi connectivity index (χ1v) is 3.92. The number of aliphatic hydroxyl groups excluding tert-OH is 1. The van der Waals surface area contributed by atoms with Gasteiger partial charge in [0.2, 0.25) is 5.91 Å². The summed E-state index contributed by atoms with van der Waals surface area (Å²) in [7, 11) is 0. The Kier molecular flexibility index (Phi) is 4.11. The van der Waals surface area contributed by atoms with Gasteiger partial charge < -0.3 is 10.0 Å². The highest BCUT2D eigenvalue weighted by molar-refractivity contribution is 5.77. The molecular formula is C8H17NO2. The summed E-state index contributed by atoms with van der Waals surface area (Å²) in [4.78, 5) is 12.7. The van der Waals surface area contributed by atoms with Crippen molar-refractivity contribution in [2.75, 3.05) is 6.61 Å². The molecule has 0 aromatic heterocycles. The minimum atomic E-state index is -0.393. The average molecular weight is 159 g/mol. The summed E-state index contributed by atoms with van der Waals surface area (Å²) in [5.74, 6) is -0.199. The second kappa shape index (κ2) is 4.34. The van der Waals surface area contributed by atoms with Gasteiger partial charge in [-0.1, -0.05) is 0 Å². The van der Waals surface area contributed by atoms with E-state index >= 15 is 0 Å². The number of nitrogens with zero attached hydrogens (tertiary/aromatic N) is 1. The van der Waals surface area contributed by atoms with Crippen LogP contribution in [-0.4, -0.2) is 34.6 Å². The standard InChI is InChI=1S/C8H17NO2/c1-6(2)9(7(3)4)8(11)5-10/h6-7,10H,5H2,1-4H3. The van der Waals surface area contributed by atoms with Crippen LogP contribution in [0, 0.1) is 0 Å². The second-order valence-electron chi connectivity index (χ2n) is 3.15. The van der Waals surface area contributed by atoms with Crippen molar-refractivity contribution in [1.82, 2.24) is 4.90 Å². The fourth-order valence-electron chi connectivity index (χ4n) is 1.25. The number of hydrogen-bond acceptors (Lipinski definition) is 2. The van der Waals surface area contributed by atoms with Crippen molar-refractivity contribution in [2.24, 2.45) is 0 Å². The van der Waals surface area contributed by atoms with Crippen molar-refractivity contribution in [2.45, 2.75) is 39.8 Å². The lowest BCUT2D eigenvalue weighted by Gasteiger charge is -2.29. The van der Waals surface area contributed by atoms with Gasteiger partial charge in [0, 0.05) is 12.1 Å². The highest BCUT2D eigenvalue weighted by Crippen LogP contribution is 2.04. The first kappa shape index (κ1) is 10.4. The van der Waals surface area contributed by atoms with Crippen LogP contribution in [0.15, 0.2) is 0 Å². The van der Waals surface area contributed by atoms with Crippen LogP contribution in [-0.2, 0) is 4.79 Å². The SMILES string of the molecule is CC(C)N(C(=O)CO)C(C)C. The van der Waals surface area contributed by atoms with Crippen LogP contribution in [0.1, 0.15) is 27.7 Å². The summed E-state index contributed by atoms with van der Waals surface area (Å²) >= 11 is 0. The van der Waals surface area contributed by atoms with Crippen LogP contribution < -0.4 is 0 Å². The molecule has 0 unspecified atom stereocenters. The molecule has 0 saturated carbocycles. The summed E-state index contributed by atoms with van der Waals surface area (Å²) in [5, 5.41) is 8.61. The maximum atomic E-state index is 11.1. The van der Waals surface area contributed by atoms with Gasteiger partial charge >= 0.3 is 0 Å². The van der Waals surface area contributed by atoms with E-state index in [0.29, 0.717) is 0 Å². The summed E-state index contributed by atoms with van der Waals surface area (Å²) in [6.07, 6.45) is 0. The van der Waals surface area contributed by atoms with Crippen LogP contribution in [0.2, 0.25) is 0 Å². The maximum absolute atomic E-state index is 11.1. The highest BCUT2D eigenvalue weighted by Gasteiger charge is 2.18. The van der Waals surface area contributed by atoms with Crippen LogP contribution in [0.5, 0.6) is 0 Å². The Labute approximate surface area is 68.0 Å². The Morgan fingerprint density at radius 2 is 1.64 bits per heavy atom. The van der Waals surface area contributed by atoms with Crippen molar-refractivity contribution in [3.05, 3.63) is 0 Å². The third-order valence-electron chi connectivity index (χ3n) is 1.54. The number of amides is 1. The van der Waals surface area contributed by atoms with Gasteiger partial charge in [0.1, 0.15) is 6.61 Å². The Hall–Kier alpha value is -0.570. The zero-order valence-corrected chi connectivity index (χ0v) is 7.66. The number of aliphatic hydroxyl groups is 1. The summed E-state index contributed by atoms with van der Waals surface area (Å²) in [6.45, 7) is 7.36. The predicted molar refractivity (Wildman–Crippen MR) is 44.2 cm³/mol. The van der Waals surface area contributed by atoms with Gasteiger partial charge in [-0.25, -0.2) is 0 Å². The molecule has 0 rings (SSSR count). The quantitative estimate of drug-likeness (QED) is 0.656. The predicted octanol–water partition coefficient (Wildman–Crippen LogP) is 0.624. The van der Waals surface area contributed by atoms with E-state index in [0.717, 1.165) is 0 Å². The maximum Gasteiger partial charge on any atom is 0.248 e.